The molecule has 0 bridgehead atoms. The lowest BCUT2D eigenvalue weighted by atomic mass is 9.94. The third-order valence-corrected chi connectivity index (χ3v) is 5.98. The minimum Gasteiger partial charge on any atom is -0.465 e. The van der Waals surface area contributed by atoms with Gasteiger partial charge in [0.25, 0.3) is 0 Å². The summed E-state index contributed by atoms with van der Waals surface area (Å²) >= 11 is 0. The molecule has 0 aliphatic carbocycles. The summed E-state index contributed by atoms with van der Waals surface area (Å²) in [5.41, 5.74) is -1.22. The van der Waals surface area contributed by atoms with E-state index < -0.39 is 17.4 Å². The Labute approximate surface area is 193 Å². The fourth-order valence-electron chi connectivity index (χ4n) is 3.60. The van der Waals surface area contributed by atoms with E-state index in [1.807, 2.05) is 0 Å². The fourth-order valence-corrected chi connectivity index (χ4v) is 3.60. The molecular formula is C27H52O4. The quantitative estimate of drug-likeness (QED) is 0.0967. The molecule has 0 spiro atoms. The van der Waals surface area contributed by atoms with Crippen LogP contribution in [0.4, 0.5) is 0 Å². The van der Waals surface area contributed by atoms with Gasteiger partial charge < -0.3 is 9.47 Å². The molecule has 0 aromatic carbocycles. The summed E-state index contributed by atoms with van der Waals surface area (Å²) in [6.45, 7) is 8.46. The summed E-state index contributed by atoms with van der Waals surface area (Å²) in [6.07, 6.45) is 22.0. The van der Waals surface area contributed by atoms with Crippen LogP contribution in [0.1, 0.15) is 143 Å². The summed E-state index contributed by atoms with van der Waals surface area (Å²) in [7, 11) is 0. The van der Waals surface area contributed by atoms with Crippen molar-refractivity contribution in [2.24, 2.45) is 5.41 Å². The second kappa shape index (κ2) is 20.8. The second-order valence-electron chi connectivity index (χ2n) is 9.55. The lowest BCUT2D eigenvalue weighted by molar-refractivity contribution is -0.169. The maximum Gasteiger partial charge on any atom is 0.322 e. The molecule has 0 heterocycles. The molecule has 0 N–H and O–H groups in total. The number of ether oxygens (including phenoxy) is 2. The van der Waals surface area contributed by atoms with Crippen molar-refractivity contribution in [1.82, 2.24) is 0 Å². The van der Waals surface area contributed by atoms with Crippen molar-refractivity contribution in [3.05, 3.63) is 0 Å². The number of hydrogen-bond donors (Lipinski definition) is 0. The van der Waals surface area contributed by atoms with Gasteiger partial charge in [-0.1, -0.05) is 117 Å². The Bertz CT molecular complexity index is 393. The van der Waals surface area contributed by atoms with Gasteiger partial charge in [-0.05, 0) is 26.7 Å². The van der Waals surface area contributed by atoms with E-state index in [4.69, 9.17) is 9.47 Å². The van der Waals surface area contributed by atoms with Gasteiger partial charge >= 0.3 is 11.9 Å². The number of unbranched alkanes of at least 4 members (excludes halogenated alkanes) is 16. The Morgan fingerprint density at radius 3 is 1.03 bits per heavy atom. The molecule has 0 rings (SSSR count). The van der Waals surface area contributed by atoms with Crippen LogP contribution in [0.3, 0.4) is 0 Å². The molecule has 0 radical (unpaired) electrons. The first-order valence-electron chi connectivity index (χ1n) is 13.3. The summed E-state index contributed by atoms with van der Waals surface area (Å²) in [5, 5.41) is 0. The monoisotopic (exact) mass is 440 g/mol. The van der Waals surface area contributed by atoms with Crippen LogP contribution in [0.2, 0.25) is 0 Å². The van der Waals surface area contributed by atoms with Crippen LogP contribution < -0.4 is 0 Å². The molecule has 0 unspecified atom stereocenters. The van der Waals surface area contributed by atoms with Crippen molar-refractivity contribution < 1.29 is 19.1 Å². The summed E-state index contributed by atoms with van der Waals surface area (Å²) in [6, 6.07) is 0. The van der Waals surface area contributed by atoms with Crippen LogP contribution >= 0.6 is 0 Å². The molecule has 0 aliphatic rings. The minimum atomic E-state index is -1.22. The summed E-state index contributed by atoms with van der Waals surface area (Å²) < 4.78 is 10.7. The molecule has 0 aromatic rings. The van der Waals surface area contributed by atoms with E-state index in [0.29, 0.717) is 13.2 Å². The van der Waals surface area contributed by atoms with Crippen molar-refractivity contribution in [2.75, 3.05) is 13.2 Å². The lowest BCUT2D eigenvalue weighted by Crippen LogP contribution is -2.37. The van der Waals surface area contributed by atoms with Gasteiger partial charge in [0.15, 0.2) is 5.41 Å². The standard InChI is InChI=1S/C27H52O4/c1-5-7-9-11-13-15-17-19-21-23-30-25(28)27(3,4)26(29)31-24-22-20-18-16-14-12-10-8-6-2/h5-24H2,1-4H3. The molecule has 0 aliphatic heterocycles. The Morgan fingerprint density at radius 1 is 0.484 bits per heavy atom. The number of carbonyl (C=O) groups is 2. The molecular weight excluding hydrogens is 388 g/mol. The number of rotatable bonds is 22. The average Bonchev–Trinajstić information content (AvgIpc) is 2.75. The predicted molar refractivity (Wildman–Crippen MR) is 130 cm³/mol. The zero-order valence-electron chi connectivity index (χ0n) is 21.3. The zero-order chi connectivity index (χ0) is 23.2. The van der Waals surface area contributed by atoms with E-state index >= 15 is 0 Å². The molecule has 0 aromatic heterocycles. The molecule has 184 valence electrons. The highest BCUT2D eigenvalue weighted by atomic mass is 16.6. The fraction of sp³-hybridized carbons (Fsp3) is 0.926. The number of carbonyl (C=O) groups excluding carboxylic acids is 2. The van der Waals surface area contributed by atoms with Gasteiger partial charge in [0, 0.05) is 0 Å². The molecule has 4 heteroatoms. The topological polar surface area (TPSA) is 52.6 Å². The van der Waals surface area contributed by atoms with Crippen molar-refractivity contribution in [3.63, 3.8) is 0 Å². The van der Waals surface area contributed by atoms with E-state index in [1.165, 1.54) is 89.9 Å². The molecule has 4 nitrogen and oxygen atoms in total. The molecule has 31 heavy (non-hydrogen) atoms. The van der Waals surface area contributed by atoms with Crippen LogP contribution in [0.15, 0.2) is 0 Å². The highest BCUT2D eigenvalue weighted by Gasteiger charge is 2.39. The Balaban J connectivity index is 3.69. The van der Waals surface area contributed by atoms with Gasteiger partial charge in [-0.2, -0.15) is 0 Å². The largest absolute Gasteiger partial charge is 0.465 e. The van der Waals surface area contributed by atoms with Crippen LogP contribution in [0.25, 0.3) is 0 Å². The number of hydrogen-bond acceptors (Lipinski definition) is 4. The molecule has 0 saturated heterocycles. The van der Waals surface area contributed by atoms with Crippen LogP contribution in [0.5, 0.6) is 0 Å². The molecule has 0 saturated carbocycles. The minimum absolute atomic E-state index is 0.392. The zero-order valence-corrected chi connectivity index (χ0v) is 21.3. The first kappa shape index (κ1) is 29.9. The van der Waals surface area contributed by atoms with Gasteiger partial charge in [-0.15, -0.1) is 0 Å². The van der Waals surface area contributed by atoms with Gasteiger partial charge in [0.1, 0.15) is 0 Å². The van der Waals surface area contributed by atoms with E-state index in [9.17, 15) is 9.59 Å². The average molecular weight is 441 g/mol. The summed E-state index contributed by atoms with van der Waals surface area (Å²) in [4.78, 5) is 24.6. The SMILES string of the molecule is CCCCCCCCCCCOC(=O)C(C)(C)C(=O)OCCCCCCCCCCC. The Morgan fingerprint density at radius 2 is 0.742 bits per heavy atom. The predicted octanol–water partition coefficient (Wildman–Crippen LogP) is 8.16. The molecule has 0 fully saturated rings. The lowest BCUT2D eigenvalue weighted by Gasteiger charge is -2.20. The smallest absolute Gasteiger partial charge is 0.322 e. The first-order valence-corrected chi connectivity index (χ1v) is 13.3. The van der Waals surface area contributed by atoms with Gasteiger partial charge in [-0.25, -0.2) is 0 Å². The van der Waals surface area contributed by atoms with Gasteiger partial charge in [-0.3, -0.25) is 9.59 Å². The van der Waals surface area contributed by atoms with E-state index in [-0.39, 0.29) is 0 Å². The van der Waals surface area contributed by atoms with E-state index in [1.54, 1.807) is 13.8 Å². The third-order valence-electron chi connectivity index (χ3n) is 5.98. The number of esters is 2. The van der Waals surface area contributed by atoms with E-state index in [2.05, 4.69) is 13.8 Å². The van der Waals surface area contributed by atoms with Crippen molar-refractivity contribution in [1.29, 1.82) is 0 Å². The van der Waals surface area contributed by atoms with E-state index in [0.717, 1.165) is 25.7 Å². The maximum absolute atomic E-state index is 12.3. The van der Waals surface area contributed by atoms with Crippen molar-refractivity contribution in [2.45, 2.75) is 143 Å². The van der Waals surface area contributed by atoms with Gasteiger partial charge in [0.2, 0.25) is 0 Å². The van der Waals surface area contributed by atoms with Crippen LogP contribution in [-0.4, -0.2) is 25.2 Å². The molecule has 0 amide bonds. The highest BCUT2D eigenvalue weighted by molar-refractivity contribution is 5.99. The molecule has 0 atom stereocenters. The van der Waals surface area contributed by atoms with Crippen molar-refractivity contribution in [3.8, 4) is 0 Å². The van der Waals surface area contributed by atoms with Crippen LogP contribution in [-0.2, 0) is 19.1 Å². The second-order valence-corrected chi connectivity index (χ2v) is 9.55. The summed E-state index contributed by atoms with van der Waals surface area (Å²) in [5.74, 6) is -0.937. The normalized spacial score (nSPS) is 11.5. The third kappa shape index (κ3) is 17.2. The van der Waals surface area contributed by atoms with Gasteiger partial charge in [0.05, 0.1) is 13.2 Å². The highest BCUT2D eigenvalue weighted by Crippen LogP contribution is 2.20. The first-order chi connectivity index (χ1) is 15.0. The Kier molecular flexibility index (Phi) is 20.1. The van der Waals surface area contributed by atoms with Crippen molar-refractivity contribution >= 4 is 11.9 Å². The Hall–Kier alpha value is -1.06. The van der Waals surface area contributed by atoms with Crippen LogP contribution in [0, 0.1) is 5.41 Å². The maximum atomic E-state index is 12.3.